The zero-order chi connectivity index (χ0) is 14.8. The third-order valence-electron chi connectivity index (χ3n) is 3.27. The molecule has 2 aliphatic heterocycles. The Kier molecular flexibility index (Phi) is 4.55. The molecule has 2 rings (SSSR count). The summed E-state index contributed by atoms with van der Waals surface area (Å²) in [5, 5.41) is 0. The van der Waals surface area contributed by atoms with Gasteiger partial charge < -0.3 is 19.9 Å². The summed E-state index contributed by atoms with van der Waals surface area (Å²) in [6.07, 6.45) is 2.50. The average Bonchev–Trinajstić information content (AvgIpc) is 2.89. The molecule has 0 aliphatic carbocycles. The fourth-order valence-corrected chi connectivity index (χ4v) is 2.33. The van der Waals surface area contributed by atoms with Crippen LogP contribution in [0.15, 0.2) is 11.8 Å². The van der Waals surface area contributed by atoms with Gasteiger partial charge in [-0.05, 0) is 26.8 Å². The lowest BCUT2D eigenvalue weighted by molar-refractivity contribution is -0.0385. The predicted octanol–water partition coefficient (Wildman–Crippen LogP) is 1.25. The van der Waals surface area contributed by atoms with Gasteiger partial charge in [-0.15, -0.1) is 0 Å². The van der Waals surface area contributed by atoms with Crippen molar-refractivity contribution in [1.29, 1.82) is 0 Å². The van der Waals surface area contributed by atoms with Gasteiger partial charge in [-0.25, -0.2) is 4.79 Å². The van der Waals surface area contributed by atoms with E-state index in [1.165, 1.54) is 0 Å². The van der Waals surface area contributed by atoms with E-state index >= 15 is 0 Å². The smallest absolute Gasteiger partial charge is 0.410 e. The summed E-state index contributed by atoms with van der Waals surface area (Å²) < 4.78 is 16.4. The minimum Gasteiger partial charge on any atom is -0.496 e. The largest absolute Gasteiger partial charge is 0.496 e. The molecule has 0 spiro atoms. The Morgan fingerprint density at radius 3 is 2.85 bits per heavy atom. The molecule has 1 fully saturated rings. The molecule has 20 heavy (non-hydrogen) atoms. The fraction of sp³-hybridized carbons (Fsp3) is 0.786. The number of amides is 1. The van der Waals surface area contributed by atoms with Crippen LogP contribution in [0.2, 0.25) is 0 Å². The zero-order valence-electron chi connectivity index (χ0n) is 12.4. The molecule has 2 aliphatic rings. The molecule has 6 heteroatoms. The van der Waals surface area contributed by atoms with Crippen molar-refractivity contribution in [2.75, 3.05) is 26.4 Å². The van der Waals surface area contributed by atoms with Gasteiger partial charge in [0.2, 0.25) is 0 Å². The van der Waals surface area contributed by atoms with Crippen LogP contribution in [-0.4, -0.2) is 55.0 Å². The summed E-state index contributed by atoms with van der Waals surface area (Å²) in [5.41, 5.74) is 5.70. The molecule has 2 atom stereocenters. The Morgan fingerprint density at radius 2 is 2.25 bits per heavy atom. The molecular weight excluding hydrogens is 260 g/mol. The third kappa shape index (κ3) is 3.64. The van der Waals surface area contributed by atoms with Crippen molar-refractivity contribution in [2.45, 2.75) is 44.9 Å². The highest BCUT2D eigenvalue weighted by atomic mass is 16.6. The normalized spacial score (nSPS) is 24.9. The predicted molar refractivity (Wildman–Crippen MR) is 74.2 cm³/mol. The van der Waals surface area contributed by atoms with E-state index in [9.17, 15) is 4.79 Å². The molecule has 0 saturated carbocycles. The third-order valence-corrected chi connectivity index (χ3v) is 3.27. The molecule has 1 saturated heterocycles. The van der Waals surface area contributed by atoms with Crippen LogP contribution >= 0.6 is 0 Å². The van der Waals surface area contributed by atoms with Gasteiger partial charge in [0.15, 0.2) is 0 Å². The highest BCUT2D eigenvalue weighted by Gasteiger charge is 2.37. The maximum Gasteiger partial charge on any atom is 0.410 e. The Balaban J connectivity index is 2.06. The van der Waals surface area contributed by atoms with E-state index < -0.39 is 5.60 Å². The first-order valence-corrected chi connectivity index (χ1v) is 7.04. The number of nitrogens with zero attached hydrogens (tertiary/aromatic N) is 1. The lowest BCUT2D eigenvalue weighted by Gasteiger charge is -2.39. The van der Waals surface area contributed by atoms with Crippen LogP contribution in [0.5, 0.6) is 0 Å². The van der Waals surface area contributed by atoms with E-state index in [2.05, 4.69) is 0 Å². The highest BCUT2D eigenvalue weighted by molar-refractivity contribution is 5.69. The van der Waals surface area contributed by atoms with Gasteiger partial charge in [0, 0.05) is 13.0 Å². The maximum atomic E-state index is 12.3. The fourth-order valence-electron chi connectivity index (χ4n) is 2.33. The molecule has 2 heterocycles. The molecule has 6 nitrogen and oxygen atoms in total. The van der Waals surface area contributed by atoms with Crippen molar-refractivity contribution in [3.05, 3.63) is 11.8 Å². The van der Waals surface area contributed by atoms with Crippen molar-refractivity contribution in [2.24, 2.45) is 5.73 Å². The van der Waals surface area contributed by atoms with Crippen LogP contribution in [0.25, 0.3) is 0 Å². The number of hydrogen-bond donors (Lipinski definition) is 1. The minimum absolute atomic E-state index is 0.247. The average molecular weight is 284 g/mol. The van der Waals surface area contributed by atoms with Crippen molar-refractivity contribution in [3.63, 3.8) is 0 Å². The Bertz CT molecular complexity index is 389. The van der Waals surface area contributed by atoms with Gasteiger partial charge in [0.25, 0.3) is 0 Å². The Morgan fingerprint density at radius 1 is 1.50 bits per heavy atom. The minimum atomic E-state index is -0.521. The summed E-state index contributed by atoms with van der Waals surface area (Å²) in [5.74, 6) is 0.744. The number of morpholine rings is 1. The topological polar surface area (TPSA) is 74.0 Å². The van der Waals surface area contributed by atoms with Crippen molar-refractivity contribution >= 4 is 6.09 Å². The second-order valence-corrected chi connectivity index (χ2v) is 6.09. The first-order valence-electron chi connectivity index (χ1n) is 7.04. The van der Waals surface area contributed by atoms with Crippen LogP contribution in [-0.2, 0) is 14.2 Å². The van der Waals surface area contributed by atoms with Gasteiger partial charge in [0.05, 0.1) is 31.9 Å². The van der Waals surface area contributed by atoms with E-state index in [4.69, 9.17) is 19.9 Å². The molecule has 0 aromatic rings. The van der Waals surface area contributed by atoms with E-state index in [1.807, 2.05) is 26.8 Å². The zero-order valence-corrected chi connectivity index (χ0v) is 12.4. The number of rotatable bonds is 2. The summed E-state index contributed by atoms with van der Waals surface area (Å²) in [4.78, 5) is 13.9. The van der Waals surface area contributed by atoms with Crippen LogP contribution in [0.4, 0.5) is 4.79 Å². The quantitative estimate of drug-likeness (QED) is 0.826. The lowest BCUT2D eigenvalue weighted by Crippen LogP contribution is -2.58. The second kappa shape index (κ2) is 6.01. The molecule has 0 bridgehead atoms. The molecule has 2 N–H and O–H groups in total. The van der Waals surface area contributed by atoms with Crippen LogP contribution in [0.3, 0.4) is 0 Å². The van der Waals surface area contributed by atoms with E-state index in [0.29, 0.717) is 26.4 Å². The van der Waals surface area contributed by atoms with Gasteiger partial charge in [-0.1, -0.05) is 0 Å². The number of carbonyl (C=O) groups is 1. The SMILES string of the molecule is CC(C)(C)OC(=O)N1CCOCC1C(N)C1=CCCO1. The highest BCUT2D eigenvalue weighted by Crippen LogP contribution is 2.21. The van der Waals surface area contributed by atoms with E-state index in [1.54, 1.807) is 4.90 Å². The van der Waals surface area contributed by atoms with Crippen LogP contribution in [0, 0.1) is 0 Å². The number of ether oxygens (including phenoxy) is 3. The van der Waals surface area contributed by atoms with Crippen LogP contribution < -0.4 is 5.73 Å². The van der Waals surface area contributed by atoms with Gasteiger partial charge in [0.1, 0.15) is 11.4 Å². The molecule has 1 amide bonds. The molecule has 2 unspecified atom stereocenters. The van der Waals surface area contributed by atoms with Gasteiger partial charge in [-0.2, -0.15) is 0 Å². The molecule has 0 aromatic carbocycles. The Labute approximate surface area is 119 Å². The summed E-state index contributed by atoms with van der Waals surface area (Å²) in [6, 6.07) is -0.617. The number of carbonyl (C=O) groups excluding carboxylic acids is 1. The van der Waals surface area contributed by atoms with Crippen molar-refractivity contribution in [1.82, 2.24) is 4.90 Å². The van der Waals surface area contributed by atoms with Crippen molar-refractivity contribution in [3.8, 4) is 0 Å². The van der Waals surface area contributed by atoms with Crippen LogP contribution in [0.1, 0.15) is 27.2 Å². The molecule has 114 valence electrons. The summed E-state index contributed by atoms with van der Waals surface area (Å²) in [7, 11) is 0. The second-order valence-electron chi connectivity index (χ2n) is 6.09. The molecule has 0 radical (unpaired) electrons. The lowest BCUT2D eigenvalue weighted by atomic mass is 10.1. The van der Waals surface area contributed by atoms with E-state index in [0.717, 1.165) is 12.2 Å². The van der Waals surface area contributed by atoms with Gasteiger partial charge >= 0.3 is 6.09 Å². The van der Waals surface area contributed by atoms with Gasteiger partial charge in [-0.3, -0.25) is 4.90 Å². The molecule has 0 aromatic heterocycles. The monoisotopic (exact) mass is 284 g/mol. The number of hydrogen-bond acceptors (Lipinski definition) is 5. The first-order chi connectivity index (χ1) is 9.38. The molecular formula is C14H24N2O4. The first kappa shape index (κ1) is 15.1. The number of nitrogens with two attached hydrogens (primary N) is 1. The maximum absolute atomic E-state index is 12.3. The summed E-state index contributed by atoms with van der Waals surface area (Å²) >= 11 is 0. The summed E-state index contributed by atoms with van der Waals surface area (Å²) in [6.45, 7) is 7.60. The van der Waals surface area contributed by atoms with Crippen molar-refractivity contribution < 1.29 is 19.0 Å². The Hall–Kier alpha value is -1.27. The standard InChI is InChI=1S/C14H24N2O4/c1-14(2,3)20-13(17)16-6-8-18-9-10(16)12(15)11-5-4-7-19-11/h5,10,12H,4,6-9,15H2,1-3H3. The van der Waals surface area contributed by atoms with E-state index in [-0.39, 0.29) is 18.2 Å².